The minimum atomic E-state index is -0.133. The Morgan fingerprint density at radius 1 is 1.04 bits per heavy atom. The van der Waals surface area contributed by atoms with Crippen LogP contribution in [-0.4, -0.2) is 38.0 Å². The van der Waals surface area contributed by atoms with E-state index in [2.05, 4.69) is 16.0 Å². The van der Waals surface area contributed by atoms with Crippen LogP contribution < -0.4 is 16.0 Å². The Balaban J connectivity index is 1.42. The third-order valence-electron chi connectivity index (χ3n) is 4.71. The monoisotopic (exact) mass is 339 g/mol. The SMILES string of the molecule is O=C(CNC(=O)Cc1cccc2ccccc12)NCCC1CCNC1. The minimum absolute atomic E-state index is 0.0342. The molecule has 1 heterocycles. The number of rotatable bonds is 7. The van der Waals surface area contributed by atoms with Crippen LogP contribution in [0, 0.1) is 5.92 Å². The highest BCUT2D eigenvalue weighted by Gasteiger charge is 2.14. The molecule has 0 radical (unpaired) electrons. The lowest BCUT2D eigenvalue weighted by Gasteiger charge is -2.10. The summed E-state index contributed by atoms with van der Waals surface area (Å²) >= 11 is 0. The molecule has 0 bridgehead atoms. The molecule has 5 heteroatoms. The predicted octanol–water partition coefficient (Wildman–Crippen LogP) is 1.61. The van der Waals surface area contributed by atoms with Crippen LogP contribution in [-0.2, 0) is 16.0 Å². The predicted molar refractivity (Wildman–Crippen MR) is 99.3 cm³/mol. The van der Waals surface area contributed by atoms with Gasteiger partial charge in [-0.3, -0.25) is 9.59 Å². The quantitative estimate of drug-likeness (QED) is 0.718. The molecule has 2 aromatic carbocycles. The first-order valence-electron chi connectivity index (χ1n) is 8.93. The Hall–Kier alpha value is -2.40. The number of carbonyl (C=O) groups is 2. The van der Waals surface area contributed by atoms with Crippen molar-refractivity contribution in [3.05, 3.63) is 48.0 Å². The molecular weight excluding hydrogens is 314 g/mol. The van der Waals surface area contributed by atoms with Gasteiger partial charge >= 0.3 is 0 Å². The van der Waals surface area contributed by atoms with Gasteiger partial charge in [-0.05, 0) is 48.2 Å². The van der Waals surface area contributed by atoms with E-state index in [9.17, 15) is 9.59 Å². The Morgan fingerprint density at radius 2 is 1.88 bits per heavy atom. The van der Waals surface area contributed by atoms with E-state index in [1.807, 2.05) is 42.5 Å². The summed E-state index contributed by atoms with van der Waals surface area (Å²) in [6, 6.07) is 13.9. The van der Waals surface area contributed by atoms with Gasteiger partial charge in [-0.25, -0.2) is 0 Å². The molecule has 0 aromatic heterocycles. The maximum Gasteiger partial charge on any atom is 0.239 e. The maximum atomic E-state index is 12.1. The maximum absolute atomic E-state index is 12.1. The van der Waals surface area contributed by atoms with Crippen LogP contribution in [0.1, 0.15) is 18.4 Å². The number of hydrogen-bond donors (Lipinski definition) is 3. The molecule has 1 aliphatic heterocycles. The second-order valence-electron chi connectivity index (χ2n) is 6.59. The Labute approximate surface area is 148 Å². The van der Waals surface area contributed by atoms with Gasteiger partial charge in [-0.15, -0.1) is 0 Å². The van der Waals surface area contributed by atoms with Crippen LogP contribution in [0.25, 0.3) is 10.8 Å². The largest absolute Gasteiger partial charge is 0.355 e. The highest BCUT2D eigenvalue weighted by molar-refractivity contribution is 5.91. The molecule has 0 aliphatic carbocycles. The van der Waals surface area contributed by atoms with Gasteiger partial charge in [0.05, 0.1) is 13.0 Å². The third kappa shape index (κ3) is 5.03. The molecule has 1 unspecified atom stereocenters. The second-order valence-corrected chi connectivity index (χ2v) is 6.59. The van der Waals surface area contributed by atoms with Gasteiger partial charge in [-0.1, -0.05) is 42.5 Å². The fraction of sp³-hybridized carbons (Fsp3) is 0.400. The lowest BCUT2D eigenvalue weighted by atomic mass is 10.0. The van der Waals surface area contributed by atoms with Crippen LogP contribution in [0.2, 0.25) is 0 Å². The van der Waals surface area contributed by atoms with Gasteiger partial charge in [0.1, 0.15) is 0 Å². The molecule has 1 saturated heterocycles. The molecule has 0 spiro atoms. The zero-order chi connectivity index (χ0) is 17.5. The van der Waals surface area contributed by atoms with E-state index in [0.29, 0.717) is 12.5 Å². The molecule has 0 saturated carbocycles. The van der Waals surface area contributed by atoms with Gasteiger partial charge in [0.25, 0.3) is 0 Å². The molecule has 3 rings (SSSR count). The third-order valence-corrected chi connectivity index (χ3v) is 4.71. The fourth-order valence-electron chi connectivity index (χ4n) is 3.30. The van der Waals surface area contributed by atoms with E-state index in [4.69, 9.17) is 0 Å². The summed E-state index contributed by atoms with van der Waals surface area (Å²) in [7, 11) is 0. The zero-order valence-corrected chi connectivity index (χ0v) is 14.4. The number of fused-ring (bicyclic) bond motifs is 1. The van der Waals surface area contributed by atoms with E-state index >= 15 is 0 Å². The number of hydrogen-bond acceptors (Lipinski definition) is 3. The summed E-state index contributed by atoms with van der Waals surface area (Å²) in [5, 5.41) is 11.1. The van der Waals surface area contributed by atoms with Crippen molar-refractivity contribution < 1.29 is 9.59 Å². The molecule has 2 amide bonds. The van der Waals surface area contributed by atoms with Crippen LogP contribution in [0.15, 0.2) is 42.5 Å². The van der Waals surface area contributed by atoms with Crippen LogP contribution in [0.4, 0.5) is 0 Å². The molecule has 1 atom stereocenters. The smallest absolute Gasteiger partial charge is 0.239 e. The summed E-state index contributed by atoms with van der Waals surface area (Å²) in [4.78, 5) is 24.0. The van der Waals surface area contributed by atoms with Crippen molar-refractivity contribution in [2.24, 2.45) is 5.92 Å². The number of benzene rings is 2. The van der Waals surface area contributed by atoms with Crippen molar-refractivity contribution in [1.29, 1.82) is 0 Å². The van der Waals surface area contributed by atoms with E-state index in [1.54, 1.807) is 0 Å². The van der Waals surface area contributed by atoms with E-state index in [1.165, 1.54) is 6.42 Å². The highest BCUT2D eigenvalue weighted by Crippen LogP contribution is 2.18. The lowest BCUT2D eigenvalue weighted by Crippen LogP contribution is -2.38. The highest BCUT2D eigenvalue weighted by atomic mass is 16.2. The van der Waals surface area contributed by atoms with Crippen LogP contribution in [0.3, 0.4) is 0 Å². The van der Waals surface area contributed by atoms with Crippen molar-refractivity contribution in [3.63, 3.8) is 0 Å². The van der Waals surface area contributed by atoms with E-state index < -0.39 is 0 Å². The van der Waals surface area contributed by atoms with Gasteiger partial charge < -0.3 is 16.0 Å². The first-order valence-corrected chi connectivity index (χ1v) is 8.93. The molecule has 3 N–H and O–H groups in total. The second kappa shape index (κ2) is 8.62. The Kier molecular flexibility index (Phi) is 6.01. The molecule has 2 aromatic rings. The van der Waals surface area contributed by atoms with Gasteiger partial charge in [0.15, 0.2) is 0 Å². The normalized spacial score (nSPS) is 16.7. The molecule has 1 fully saturated rings. The summed E-state index contributed by atoms with van der Waals surface area (Å²) in [6.45, 7) is 2.82. The number of nitrogens with one attached hydrogen (secondary N) is 3. The lowest BCUT2D eigenvalue weighted by molar-refractivity contribution is -0.125. The van der Waals surface area contributed by atoms with Gasteiger partial charge in [0.2, 0.25) is 11.8 Å². The molecule has 1 aliphatic rings. The number of amides is 2. The Morgan fingerprint density at radius 3 is 2.72 bits per heavy atom. The van der Waals surface area contributed by atoms with Crippen molar-refractivity contribution in [2.75, 3.05) is 26.2 Å². The summed E-state index contributed by atoms with van der Waals surface area (Å²) in [6.07, 6.45) is 2.45. The average molecular weight is 339 g/mol. The molecule has 25 heavy (non-hydrogen) atoms. The van der Waals surface area contributed by atoms with Crippen molar-refractivity contribution in [3.8, 4) is 0 Å². The first kappa shape index (κ1) is 17.4. The van der Waals surface area contributed by atoms with Crippen LogP contribution >= 0.6 is 0 Å². The topological polar surface area (TPSA) is 70.2 Å². The zero-order valence-electron chi connectivity index (χ0n) is 14.4. The van der Waals surface area contributed by atoms with Crippen molar-refractivity contribution in [2.45, 2.75) is 19.3 Å². The summed E-state index contributed by atoms with van der Waals surface area (Å²) in [5.74, 6) is 0.393. The number of carbonyl (C=O) groups excluding carboxylic acids is 2. The minimum Gasteiger partial charge on any atom is -0.355 e. The van der Waals surface area contributed by atoms with E-state index in [-0.39, 0.29) is 24.8 Å². The Bertz CT molecular complexity index is 733. The summed E-state index contributed by atoms with van der Waals surface area (Å²) in [5.41, 5.74) is 0.977. The average Bonchev–Trinajstić information content (AvgIpc) is 3.14. The van der Waals surface area contributed by atoms with Gasteiger partial charge in [0, 0.05) is 6.54 Å². The molecular formula is C20H25N3O2. The van der Waals surface area contributed by atoms with E-state index in [0.717, 1.165) is 35.8 Å². The van der Waals surface area contributed by atoms with Crippen molar-refractivity contribution >= 4 is 22.6 Å². The standard InChI is InChI=1S/C20H25N3O2/c24-19(12-17-6-3-5-16-4-1-2-7-18(16)17)23-14-20(25)22-11-9-15-8-10-21-13-15/h1-7,15,21H,8-14H2,(H,22,25)(H,23,24). The van der Waals surface area contributed by atoms with Gasteiger partial charge in [-0.2, -0.15) is 0 Å². The van der Waals surface area contributed by atoms with Crippen LogP contribution in [0.5, 0.6) is 0 Å². The molecule has 5 nitrogen and oxygen atoms in total. The molecule has 132 valence electrons. The van der Waals surface area contributed by atoms with Crippen molar-refractivity contribution in [1.82, 2.24) is 16.0 Å². The summed E-state index contributed by atoms with van der Waals surface area (Å²) < 4.78 is 0. The fourth-order valence-corrected chi connectivity index (χ4v) is 3.30. The first-order chi connectivity index (χ1) is 12.2.